The van der Waals surface area contributed by atoms with Gasteiger partial charge in [-0.2, -0.15) is 5.10 Å². The molecule has 10 heteroatoms. The van der Waals surface area contributed by atoms with Crippen LogP contribution in [-0.4, -0.2) is 39.3 Å². The Morgan fingerprint density at radius 3 is 2.88 bits per heavy atom. The van der Waals surface area contributed by atoms with Crippen molar-refractivity contribution >= 4 is 5.82 Å². The maximum Gasteiger partial charge on any atom is 0.573 e. The maximum atomic E-state index is 12.1. The van der Waals surface area contributed by atoms with Gasteiger partial charge >= 0.3 is 6.36 Å². The Kier molecular flexibility index (Phi) is 4.56. The SMILES string of the molecule is COCc1nc2n(n1)CC(Nc1ccc(OC(F)(F)F)cn1)CC2. The zero-order chi connectivity index (χ0) is 17.2. The molecule has 1 aliphatic rings. The average molecular weight is 343 g/mol. The van der Waals surface area contributed by atoms with Gasteiger partial charge in [0.1, 0.15) is 24.0 Å². The molecular formula is C14H16F3N5O2. The Balaban J connectivity index is 1.60. The molecule has 0 aromatic carbocycles. The van der Waals surface area contributed by atoms with Crippen LogP contribution in [0.2, 0.25) is 0 Å². The second kappa shape index (κ2) is 6.63. The molecule has 1 atom stereocenters. The van der Waals surface area contributed by atoms with E-state index in [9.17, 15) is 13.2 Å². The molecule has 0 fully saturated rings. The van der Waals surface area contributed by atoms with Crippen molar-refractivity contribution in [3.63, 3.8) is 0 Å². The summed E-state index contributed by atoms with van der Waals surface area (Å²) >= 11 is 0. The minimum Gasteiger partial charge on any atom is -0.404 e. The minimum atomic E-state index is -4.72. The molecule has 0 spiro atoms. The van der Waals surface area contributed by atoms with Gasteiger partial charge in [0.05, 0.1) is 12.7 Å². The summed E-state index contributed by atoms with van der Waals surface area (Å²) in [4.78, 5) is 8.33. The molecule has 0 saturated carbocycles. The number of ether oxygens (including phenoxy) is 2. The highest BCUT2D eigenvalue weighted by Crippen LogP contribution is 2.23. The summed E-state index contributed by atoms with van der Waals surface area (Å²) in [6, 6.07) is 2.74. The van der Waals surface area contributed by atoms with Gasteiger partial charge < -0.3 is 14.8 Å². The lowest BCUT2D eigenvalue weighted by atomic mass is 10.1. The highest BCUT2D eigenvalue weighted by atomic mass is 19.4. The number of fused-ring (bicyclic) bond motifs is 1. The first-order valence-electron chi connectivity index (χ1n) is 7.33. The third-order valence-electron chi connectivity index (χ3n) is 3.50. The van der Waals surface area contributed by atoms with Gasteiger partial charge in [0, 0.05) is 19.6 Å². The molecular weight excluding hydrogens is 327 g/mol. The van der Waals surface area contributed by atoms with E-state index in [-0.39, 0.29) is 11.8 Å². The van der Waals surface area contributed by atoms with Crippen molar-refractivity contribution in [3.8, 4) is 5.75 Å². The molecule has 130 valence electrons. The lowest BCUT2D eigenvalue weighted by Gasteiger charge is -2.24. The predicted molar refractivity (Wildman–Crippen MR) is 77.4 cm³/mol. The largest absolute Gasteiger partial charge is 0.573 e. The van der Waals surface area contributed by atoms with Crippen molar-refractivity contribution in [2.75, 3.05) is 12.4 Å². The van der Waals surface area contributed by atoms with E-state index in [2.05, 4.69) is 25.1 Å². The predicted octanol–water partition coefficient (Wildman–Crippen LogP) is 2.14. The summed E-state index contributed by atoms with van der Waals surface area (Å²) in [6.07, 6.45) is -2.10. The lowest BCUT2D eigenvalue weighted by molar-refractivity contribution is -0.274. The van der Waals surface area contributed by atoms with Crippen molar-refractivity contribution in [1.82, 2.24) is 19.7 Å². The number of alkyl halides is 3. The first kappa shape index (κ1) is 16.5. The van der Waals surface area contributed by atoms with Crippen LogP contribution >= 0.6 is 0 Å². The number of aryl methyl sites for hydroxylation is 1. The molecule has 0 amide bonds. The van der Waals surface area contributed by atoms with Crippen LogP contribution in [0, 0.1) is 0 Å². The number of nitrogens with one attached hydrogen (secondary N) is 1. The molecule has 0 saturated heterocycles. The Morgan fingerprint density at radius 2 is 2.21 bits per heavy atom. The summed E-state index contributed by atoms with van der Waals surface area (Å²) in [5.74, 6) is 1.68. The maximum absolute atomic E-state index is 12.1. The van der Waals surface area contributed by atoms with Crippen LogP contribution < -0.4 is 10.1 Å². The van der Waals surface area contributed by atoms with Crippen molar-refractivity contribution in [2.24, 2.45) is 0 Å². The van der Waals surface area contributed by atoms with Gasteiger partial charge in [-0.3, -0.25) is 0 Å². The molecule has 3 heterocycles. The quantitative estimate of drug-likeness (QED) is 0.897. The van der Waals surface area contributed by atoms with E-state index in [1.54, 1.807) is 7.11 Å². The van der Waals surface area contributed by atoms with Crippen LogP contribution in [0.1, 0.15) is 18.1 Å². The number of halogens is 3. The van der Waals surface area contributed by atoms with E-state index < -0.39 is 6.36 Å². The molecule has 2 aromatic rings. The molecule has 2 aromatic heterocycles. The average Bonchev–Trinajstić information content (AvgIpc) is 2.90. The number of pyridine rings is 1. The highest BCUT2D eigenvalue weighted by Gasteiger charge is 2.31. The fourth-order valence-corrected chi connectivity index (χ4v) is 2.54. The van der Waals surface area contributed by atoms with Crippen molar-refractivity contribution < 1.29 is 22.6 Å². The second-order valence-corrected chi connectivity index (χ2v) is 5.37. The lowest BCUT2D eigenvalue weighted by Crippen LogP contribution is -2.32. The van der Waals surface area contributed by atoms with Crippen molar-refractivity contribution in [2.45, 2.75) is 38.4 Å². The van der Waals surface area contributed by atoms with Crippen LogP contribution in [0.5, 0.6) is 5.75 Å². The fourth-order valence-electron chi connectivity index (χ4n) is 2.54. The Labute approximate surface area is 135 Å². The van der Waals surface area contributed by atoms with Gasteiger partial charge in [-0.15, -0.1) is 13.2 Å². The molecule has 1 unspecified atom stereocenters. The van der Waals surface area contributed by atoms with Gasteiger partial charge in [-0.1, -0.05) is 0 Å². The fraction of sp³-hybridized carbons (Fsp3) is 0.500. The summed E-state index contributed by atoms with van der Waals surface area (Å²) in [5, 5.41) is 7.55. The Morgan fingerprint density at radius 1 is 1.38 bits per heavy atom. The molecule has 0 radical (unpaired) electrons. The highest BCUT2D eigenvalue weighted by molar-refractivity contribution is 5.38. The Hall–Kier alpha value is -2.36. The number of hydrogen-bond donors (Lipinski definition) is 1. The smallest absolute Gasteiger partial charge is 0.404 e. The summed E-state index contributed by atoms with van der Waals surface area (Å²) < 4.78 is 47.0. The topological polar surface area (TPSA) is 74.1 Å². The van der Waals surface area contributed by atoms with E-state index in [1.165, 1.54) is 12.1 Å². The molecule has 7 nitrogen and oxygen atoms in total. The van der Waals surface area contributed by atoms with Gasteiger partial charge in [0.15, 0.2) is 5.82 Å². The van der Waals surface area contributed by atoms with E-state index in [1.807, 2.05) is 4.68 Å². The van der Waals surface area contributed by atoms with Gasteiger partial charge in [0.2, 0.25) is 0 Å². The summed E-state index contributed by atoms with van der Waals surface area (Å²) in [7, 11) is 1.59. The normalized spacial score (nSPS) is 17.4. The zero-order valence-corrected chi connectivity index (χ0v) is 12.9. The molecule has 0 bridgehead atoms. The standard InChI is InChI=1S/C14H16F3N5O2/c1-23-8-12-20-13-5-2-9(7-22(13)21-12)19-11-4-3-10(6-18-11)24-14(15,16)17/h3-4,6,9H,2,5,7-8H2,1H3,(H,18,19). The second-order valence-electron chi connectivity index (χ2n) is 5.37. The van der Waals surface area contributed by atoms with Crippen LogP contribution in [-0.2, 0) is 24.3 Å². The molecule has 3 rings (SSSR count). The summed E-state index contributed by atoms with van der Waals surface area (Å²) in [6.45, 7) is 0.967. The van der Waals surface area contributed by atoms with E-state index in [0.29, 0.717) is 24.8 Å². The molecule has 0 aliphatic carbocycles. The Bertz CT molecular complexity index is 687. The van der Waals surface area contributed by atoms with Crippen LogP contribution in [0.3, 0.4) is 0 Å². The minimum absolute atomic E-state index is 0.0662. The number of aromatic nitrogens is 4. The molecule has 1 aliphatic heterocycles. The third-order valence-corrected chi connectivity index (χ3v) is 3.50. The number of nitrogens with zero attached hydrogens (tertiary/aromatic N) is 4. The molecule has 24 heavy (non-hydrogen) atoms. The number of anilines is 1. The zero-order valence-electron chi connectivity index (χ0n) is 12.9. The van der Waals surface area contributed by atoms with Crippen LogP contribution in [0.4, 0.5) is 19.0 Å². The first-order chi connectivity index (χ1) is 11.4. The van der Waals surface area contributed by atoms with Gasteiger partial charge in [-0.25, -0.2) is 14.6 Å². The number of rotatable bonds is 5. The monoisotopic (exact) mass is 343 g/mol. The van der Waals surface area contributed by atoms with Gasteiger partial charge in [-0.05, 0) is 18.6 Å². The number of methoxy groups -OCH3 is 1. The first-order valence-corrected chi connectivity index (χ1v) is 7.33. The molecule has 1 N–H and O–H groups in total. The van der Waals surface area contributed by atoms with Crippen LogP contribution in [0.25, 0.3) is 0 Å². The summed E-state index contributed by atoms with van der Waals surface area (Å²) in [5.41, 5.74) is 0. The van der Waals surface area contributed by atoms with Gasteiger partial charge in [0.25, 0.3) is 0 Å². The van der Waals surface area contributed by atoms with Crippen molar-refractivity contribution in [1.29, 1.82) is 0 Å². The van der Waals surface area contributed by atoms with Crippen molar-refractivity contribution in [3.05, 3.63) is 30.0 Å². The van der Waals surface area contributed by atoms with E-state index in [0.717, 1.165) is 24.9 Å². The third kappa shape index (κ3) is 4.13. The van der Waals surface area contributed by atoms with E-state index >= 15 is 0 Å². The van der Waals surface area contributed by atoms with E-state index in [4.69, 9.17) is 4.74 Å². The number of hydrogen-bond acceptors (Lipinski definition) is 6. The van der Waals surface area contributed by atoms with Crippen LogP contribution in [0.15, 0.2) is 18.3 Å².